The molecule has 0 radical (unpaired) electrons. The van der Waals surface area contributed by atoms with Crippen LogP contribution in [0.25, 0.3) is 33.3 Å². The number of aromatic nitrogens is 5. The van der Waals surface area contributed by atoms with E-state index in [0.717, 1.165) is 65.1 Å². The van der Waals surface area contributed by atoms with E-state index in [4.69, 9.17) is 4.98 Å². The molecule has 0 saturated carbocycles. The number of rotatable bonds is 3. The fourth-order valence-electron chi connectivity index (χ4n) is 5.84. The van der Waals surface area contributed by atoms with Crippen molar-refractivity contribution in [3.05, 3.63) is 42.1 Å². The van der Waals surface area contributed by atoms with Crippen LogP contribution in [0.1, 0.15) is 48.9 Å². The number of carbonyl (C=O) groups excluding carboxylic acids is 1. The zero-order valence-electron chi connectivity index (χ0n) is 19.5. The second kappa shape index (κ2) is 7.38. The monoisotopic (exact) mass is 443 g/mol. The Bertz CT molecular complexity index is 1370. The van der Waals surface area contributed by atoms with E-state index in [0.29, 0.717) is 23.7 Å². The first-order valence-corrected chi connectivity index (χ1v) is 11.7. The predicted octanol–water partition coefficient (Wildman–Crippen LogP) is 3.78. The quantitative estimate of drug-likeness (QED) is 0.521. The standard InChI is InChI=1S/C25H29N7O/c1-14(2)31-15(3)29-22-11-26-21(8-23(22)31)20-10-28-24-19(20)7-16(9-27-24)25(33)32-17-5-6-18(32)13-30(4)12-17/h7-11,14,17-18H,5-6,12-13H2,1-4H3,(H,27,28). The molecule has 2 aliphatic rings. The maximum absolute atomic E-state index is 13.5. The van der Waals surface area contributed by atoms with Crippen LogP contribution in [-0.4, -0.2) is 72.4 Å². The van der Waals surface area contributed by atoms with E-state index < -0.39 is 0 Å². The molecule has 2 aliphatic heterocycles. The Labute approximate surface area is 192 Å². The summed E-state index contributed by atoms with van der Waals surface area (Å²) >= 11 is 0. The van der Waals surface area contributed by atoms with Gasteiger partial charge in [-0.1, -0.05) is 0 Å². The minimum Gasteiger partial charge on any atom is -0.345 e. The number of amides is 1. The van der Waals surface area contributed by atoms with Crippen LogP contribution < -0.4 is 0 Å². The van der Waals surface area contributed by atoms with Gasteiger partial charge in [-0.3, -0.25) is 9.78 Å². The van der Waals surface area contributed by atoms with E-state index in [9.17, 15) is 4.79 Å². The van der Waals surface area contributed by atoms with Gasteiger partial charge in [-0.15, -0.1) is 0 Å². The van der Waals surface area contributed by atoms with Crippen molar-refractivity contribution in [2.24, 2.45) is 0 Å². The number of hydrogen-bond acceptors (Lipinski definition) is 5. The molecule has 2 atom stereocenters. The van der Waals surface area contributed by atoms with Gasteiger partial charge in [-0.2, -0.15) is 0 Å². The zero-order valence-corrected chi connectivity index (χ0v) is 19.5. The van der Waals surface area contributed by atoms with E-state index in [1.165, 1.54) is 0 Å². The van der Waals surface area contributed by atoms with Crippen LogP contribution in [0.3, 0.4) is 0 Å². The van der Waals surface area contributed by atoms with Gasteiger partial charge in [0.15, 0.2) is 0 Å². The first-order valence-electron chi connectivity index (χ1n) is 11.7. The summed E-state index contributed by atoms with van der Waals surface area (Å²) in [4.78, 5) is 35.1. The molecular weight excluding hydrogens is 414 g/mol. The summed E-state index contributed by atoms with van der Waals surface area (Å²) in [6.07, 6.45) is 7.64. The second-order valence-electron chi connectivity index (χ2n) is 9.82. The highest BCUT2D eigenvalue weighted by molar-refractivity contribution is 6.01. The van der Waals surface area contributed by atoms with Gasteiger partial charge in [0, 0.05) is 54.6 Å². The third-order valence-electron chi connectivity index (χ3n) is 7.22. The maximum Gasteiger partial charge on any atom is 0.256 e. The zero-order chi connectivity index (χ0) is 22.9. The van der Waals surface area contributed by atoms with Gasteiger partial charge in [0.2, 0.25) is 0 Å². The number of likely N-dealkylation sites (tertiary alicyclic amines) is 1. The van der Waals surface area contributed by atoms with E-state index >= 15 is 0 Å². The second-order valence-corrected chi connectivity index (χ2v) is 9.82. The van der Waals surface area contributed by atoms with Crippen LogP contribution in [0.2, 0.25) is 0 Å². The normalized spacial score (nSPS) is 21.1. The SMILES string of the molecule is Cc1nc2cnc(-c3c[nH]c4ncc(C(=O)N5C6CCC5CN(C)C6)cc34)cc2n1C(C)C. The number of carbonyl (C=O) groups is 1. The first-order chi connectivity index (χ1) is 15.9. The Hall–Kier alpha value is -3.26. The lowest BCUT2D eigenvalue weighted by atomic mass is 10.1. The Kier molecular flexibility index (Phi) is 4.55. The Morgan fingerprint density at radius 3 is 2.61 bits per heavy atom. The summed E-state index contributed by atoms with van der Waals surface area (Å²) in [6, 6.07) is 4.97. The number of nitrogens with one attached hydrogen (secondary N) is 1. The third kappa shape index (κ3) is 3.15. The Morgan fingerprint density at radius 1 is 1.12 bits per heavy atom. The highest BCUT2D eigenvalue weighted by atomic mass is 16.2. The van der Waals surface area contributed by atoms with Crippen LogP contribution in [0.5, 0.6) is 0 Å². The molecule has 170 valence electrons. The smallest absolute Gasteiger partial charge is 0.256 e. The van der Waals surface area contributed by atoms with Crippen LogP contribution >= 0.6 is 0 Å². The number of hydrogen-bond donors (Lipinski definition) is 1. The molecule has 4 aromatic heterocycles. The number of piperazine rings is 1. The van der Waals surface area contributed by atoms with E-state index in [-0.39, 0.29) is 5.91 Å². The third-order valence-corrected chi connectivity index (χ3v) is 7.22. The minimum absolute atomic E-state index is 0.0917. The molecule has 2 unspecified atom stereocenters. The van der Waals surface area contributed by atoms with Gasteiger partial charge in [0.25, 0.3) is 5.91 Å². The van der Waals surface area contributed by atoms with Crippen molar-refractivity contribution in [1.29, 1.82) is 0 Å². The molecule has 0 spiro atoms. The lowest BCUT2D eigenvalue weighted by molar-refractivity contribution is 0.0472. The summed E-state index contributed by atoms with van der Waals surface area (Å²) in [5, 5.41) is 0.918. The predicted molar refractivity (Wildman–Crippen MR) is 128 cm³/mol. The number of nitrogens with zero attached hydrogens (tertiary/aromatic N) is 6. The van der Waals surface area contributed by atoms with E-state index in [1.807, 2.05) is 25.4 Å². The number of fused-ring (bicyclic) bond motifs is 4. The van der Waals surface area contributed by atoms with Crippen molar-refractivity contribution in [3.63, 3.8) is 0 Å². The van der Waals surface area contributed by atoms with Crippen LogP contribution in [-0.2, 0) is 0 Å². The van der Waals surface area contributed by atoms with Crippen molar-refractivity contribution in [2.75, 3.05) is 20.1 Å². The number of imidazole rings is 1. The van der Waals surface area contributed by atoms with Crippen LogP contribution in [0, 0.1) is 6.92 Å². The summed E-state index contributed by atoms with van der Waals surface area (Å²) in [6.45, 7) is 8.24. The van der Waals surface area contributed by atoms with E-state index in [2.05, 4.69) is 56.3 Å². The molecule has 0 aliphatic carbocycles. The Morgan fingerprint density at radius 2 is 1.88 bits per heavy atom. The number of aryl methyl sites for hydroxylation is 1. The van der Waals surface area contributed by atoms with Crippen LogP contribution in [0.4, 0.5) is 0 Å². The summed E-state index contributed by atoms with van der Waals surface area (Å²) in [7, 11) is 2.14. The van der Waals surface area contributed by atoms with Gasteiger partial charge in [0.05, 0.1) is 23.0 Å². The van der Waals surface area contributed by atoms with Crippen molar-refractivity contribution in [1.82, 2.24) is 34.3 Å². The molecule has 1 amide bonds. The average Bonchev–Trinajstić information content (AvgIpc) is 3.43. The highest BCUT2D eigenvalue weighted by Crippen LogP contribution is 2.33. The molecular formula is C25H29N7O. The average molecular weight is 444 g/mol. The minimum atomic E-state index is 0.0917. The fraction of sp³-hybridized carbons (Fsp3) is 0.440. The lowest BCUT2D eigenvalue weighted by Crippen LogP contribution is -2.54. The molecule has 2 fully saturated rings. The number of pyridine rings is 2. The van der Waals surface area contributed by atoms with Crippen molar-refractivity contribution < 1.29 is 4.79 Å². The van der Waals surface area contributed by atoms with Gasteiger partial charge in [-0.25, -0.2) is 9.97 Å². The van der Waals surface area contributed by atoms with Gasteiger partial charge in [0.1, 0.15) is 17.0 Å². The summed E-state index contributed by atoms with van der Waals surface area (Å²) < 4.78 is 2.23. The molecule has 2 bridgehead atoms. The molecule has 33 heavy (non-hydrogen) atoms. The van der Waals surface area contributed by atoms with Gasteiger partial charge >= 0.3 is 0 Å². The van der Waals surface area contributed by atoms with Crippen molar-refractivity contribution in [2.45, 2.75) is 51.7 Å². The summed E-state index contributed by atoms with van der Waals surface area (Å²) in [5.74, 6) is 1.07. The molecule has 8 nitrogen and oxygen atoms in total. The van der Waals surface area contributed by atoms with Crippen molar-refractivity contribution in [3.8, 4) is 11.3 Å². The summed E-state index contributed by atoms with van der Waals surface area (Å²) in [5.41, 5.74) is 5.17. The maximum atomic E-state index is 13.5. The number of likely N-dealkylation sites (N-methyl/N-ethyl adjacent to an activating group) is 1. The molecule has 6 heterocycles. The van der Waals surface area contributed by atoms with Gasteiger partial charge in [-0.05, 0) is 52.8 Å². The molecule has 0 aromatic carbocycles. The highest BCUT2D eigenvalue weighted by Gasteiger charge is 2.41. The molecule has 4 aromatic rings. The Balaban J connectivity index is 1.41. The molecule has 2 saturated heterocycles. The fourth-order valence-corrected chi connectivity index (χ4v) is 5.84. The number of H-pyrrole nitrogens is 1. The molecule has 1 N–H and O–H groups in total. The molecule has 8 heteroatoms. The largest absolute Gasteiger partial charge is 0.345 e. The first kappa shape index (κ1) is 20.4. The van der Waals surface area contributed by atoms with Gasteiger partial charge < -0.3 is 19.4 Å². The van der Waals surface area contributed by atoms with E-state index in [1.54, 1.807) is 6.20 Å². The lowest BCUT2D eigenvalue weighted by Gasteiger charge is -2.39. The number of aromatic amines is 1. The topological polar surface area (TPSA) is 82.9 Å². The van der Waals surface area contributed by atoms with Crippen LogP contribution in [0.15, 0.2) is 30.7 Å². The van der Waals surface area contributed by atoms with Crippen molar-refractivity contribution >= 4 is 28.0 Å². The molecule has 6 rings (SSSR count).